The van der Waals surface area contributed by atoms with Crippen LogP contribution in [0.5, 0.6) is 0 Å². The number of nitrogens with one attached hydrogen (secondary N) is 1. The summed E-state index contributed by atoms with van der Waals surface area (Å²) in [5.74, 6) is 0.810. The number of aromatic nitrogens is 1. The molecule has 0 atom stereocenters. The molecule has 0 aliphatic rings. The van der Waals surface area contributed by atoms with Crippen LogP contribution < -0.4 is 10.7 Å². The van der Waals surface area contributed by atoms with E-state index in [-0.39, 0.29) is 11.2 Å². The average molecular weight is 388 g/mol. The van der Waals surface area contributed by atoms with E-state index in [2.05, 4.69) is 17.2 Å². The van der Waals surface area contributed by atoms with Crippen LogP contribution in [0.15, 0.2) is 76.1 Å². The maximum absolute atomic E-state index is 13.5. The van der Waals surface area contributed by atoms with Crippen LogP contribution in [-0.4, -0.2) is 11.5 Å². The summed E-state index contributed by atoms with van der Waals surface area (Å²) in [4.78, 5) is 17.7. The first-order chi connectivity index (χ1) is 14.2. The van der Waals surface area contributed by atoms with Crippen LogP contribution in [0.3, 0.4) is 0 Å². The molecule has 1 N–H and O–H groups in total. The van der Waals surface area contributed by atoms with Gasteiger partial charge in [0.05, 0.1) is 10.9 Å². The Morgan fingerprint density at radius 2 is 1.83 bits per heavy atom. The summed E-state index contributed by atoms with van der Waals surface area (Å²) in [5, 5.41) is 3.79. The third-order valence-electron chi connectivity index (χ3n) is 4.79. The van der Waals surface area contributed by atoms with Crippen molar-refractivity contribution in [3.63, 3.8) is 0 Å². The highest BCUT2D eigenvalue weighted by Crippen LogP contribution is 2.33. The first kappa shape index (κ1) is 18.9. The van der Waals surface area contributed by atoms with E-state index in [1.54, 1.807) is 36.5 Å². The van der Waals surface area contributed by atoms with Crippen molar-refractivity contribution in [1.29, 1.82) is 0 Å². The van der Waals surface area contributed by atoms with E-state index in [1.165, 1.54) is 12.1 Å². The maximum atomic E-state index is 13.5. The predicted molar refractivity (Wildman–Crippen MR) is 115 cm³/mol. The molecule has 0 aliphatic heterocycles. The summed E-state index contributed by atoms with van der Waals surface area (Å²) in [6, 6.07) is 16.7. The third kappa shape index (κ3) is 3.90. The molecule has 0 fully saturated rings. The van der Waals surface area contributed by atoms with E-state index in [0.717, 1.165) is 30.8 Å². The number of rotatable bonds is 6. The molecule has 0 bridgehead atoms. The molecule has 2 heterocycles. The van der Waals surface area contributed by atoms with Gasteiger partial charge in [0.1, 0.15) is 23.0 Å². The molecule has 0 amide bonds. The number of para-hydroxylation sites is 1. The SMILES string of the molecule is CCCCNc1cc(-c2oc3ccccc3c(=O)c2-c2ccc(F)cc2)ccn1. The van der Waals surface area contributed by atoms with Crippen LogP contribution in [0.4, 0.5) is 10.2 Å². The number of pyridine rings is 1. The van der Waals surface area contributed by atoms with Crippen molar-refractivity contribution in [3.05, 3.63) is 82.9 Å². The summed E-state index contributed by atoms with van der Waals surface area (Å²) >= 11 is 0. The Morgan fingerprint density at radius 1 is 1.03 bits per heavy atom. The fraction of sp³-hybridized carbons (Fsp3) is 0.167. The second kappa shape index (κ2) is 8.27. The highest BCUT2D eigenvalue weighted by molar-refractivity contribution is 5.89. The van der Waals surface area contributed by atoms with Gasteiger partial charge in [-0.2, -0.15) is 0 Å². The molecule has 0 saturated heterocycles. The number of anilines is 1. The number of fused-ring (bicyclic) bond motifs is 1. The van der Waals surface area contributed by atoms with E-state index in [4.69, 9.17) is 4.42 Å². The first-order valence-corrected chi connectivity index (χ1v) is 9.69. The summed E-state index contributed by atoms with van der Waals surface area (Å²) in [6.07, 6.45) is 3.81. The van der Waals surface area contributed by atoms with Gasteiger partial charge in [0.15, 0.2) is 0 Å². The Labute approximate surface area is 168 Å². The van der Waals surface area contributed by atoms with E-state index < -0.39 is 0 Å². The summed E-state index contributed by atoms with van der Waals surface area (Å²) < 4.78 is 19.6. The fourth-order valence-electron chi connectivity index (χ4n) is 3.29. The quantitative estimate of drug-likeness (QED) is 0.420. The van der Waals surface area contributed by atoms with Gasteiger partial charge in [-0.1, -0.05) is 37.6 Å². The number of nitrogens with zero attached hydrogens (tertiary/aromatic N) is 1. The molecule has 2 aromatic heterocycles. The van der Waals surface area contributed by atoms with Crippen molar-refractivity contribution < 1.29 is 8.81 Å². The molecule has 0 radical (unpaired) electrons. The Balaban J connectivity index is 1.91. The minimum atomic E-state index is -0.355. The average Bonchev–Trinajstić information content (AvgIpc) is 2.75. The van der Waals surface area contributed by atoms with E-state index in [1.807, 2.05) is 18.2 Å². The number of benzene rings is 2. The van der Waals surface area contributed by atoms with Gasteiger partial charge in [-0.25, -0.2) is 9.37 Å². The lowest BCUT2D eigenvalue weighted by Crippen LogP contribution is -2.08. The molecule has 0 aliphatic carbocycles. The highest BCUT2D eigenvalue weighted by atomic mass is 19.1. The van der Waals surface area contributed by atoms with Crippen molar-refractivity contribution in [2.24, 2.45) is 0 Å². The smallest absolute Gasteiger partial charge is 0.201 e. The largest absolute Gasteiger partial charge is 0.455 e. The monoisotopic (exact) mass is 388 g/mol. The van der Waals surface area contributed by atoms with Crippen LogP contribution in [0.1, 0.15) is 19.8 Å². The molecule has 146 valence electrons. The molecular weight excluding hydrogens is 367 g/mol. The second-order valence-electron chi connectivity index (χ2n) is 6.85. The molecule has 2 aromatic carbocycles. The summed E-state index contributed by atoms with van der Waals surface area (Å²) in [6.45, 7) is 2.95. The van der Waals surface area contributed by atoms with E-state index in [0.29, 0.717) is 27.9 Å². The predicted octanol–water partition coefficient (Wildman–Crippen LogP) is 5.87. The normalized spacial score (nSPS) is 11.0. The first-order valence-electron chi connectivity index (χ1n) is 9.69. The van der Waals surface area contributed by atoms with Gasteiger partial charge in [0.2, 0.25) is 5.43 Å². The zero-order valence-corrected chi connectivity index (χ0v) is 16.1. The van der Waals surface area contributed by atoms with Crippen LogP contribution in [0, 0.1) is 5.82 Å². The number of unbranched alkanes of at least 4 members (excludes halogenated alkanes) is 1. The van der Waals surface area contributed by atoms with Crippen LogP contribution in [-0.2, 0) is 0 Å². The van der Waals surface area contributed by atoms with Crippen molar-refractivity contribution in [3.8, 4) is 22.5 Å². The highest BCUT2D eigenvalue weighted by Gasteiger charge is 2.18. The minimum Gasteiger partial charge on any atom is -0.455 e. The Kier molecular flexibility index (Phi) is 5.38. The molecule has 5 heteroatoms. The van der Waals surface area contributed by atoms with Gasteiger partial charge < -0.3 is 9.73 Å². The molecule has 29 heavy (non-hydrogen) atoms. The van der Waals surface area contributed by atoms with Gasteiger partial charge in [-0.3, -0.25) is 4.79 Å². The second-order valence-corrected chi connectivity index (χ2v) is 6.85. The third-order valence-corrected chi connectivity index (χ3v) is 4.79. The van der Waals surface area contributed by atoms with Crippen molar-refractivity contribution >= 4 is 16.8 Å². The van der Waals surface area contributed by atoms with Crippen LogP contribution >= 0.6 is 0 Å². The lowest BCUT2D eigenvalue weighted by atomic mass is 9.98. The Bertz CT molecular complexity index is 1200. The zero-order chi connectivity index (χ0) is 20.2. The summed E-state index contributed by atoms with van der Waals surface area (Å²) in [7, 11) is 0. The van der Waals surface area contributed by atoms with Gasteiger partial charge in [0, 0.05) is 18.3 Å². The van der Waals surface area contributed by atoms with E-state index >= 15 is 0 Å². The molecule has 4 aromatic rings. The van der Waals surface area contributed by atoms with Crippen molar-refractivity contribution in [1.82, 2.24) is 4.98 Å². The maximum Gasteiger partial charge on any atom is 0.201 e. The number of halogens is 1. The molecule has 0 spiro atoms. The molecule has 0 unspecified atom stereocenters. The van der Waals surface area contributed by atoms with Gasteiger partial charge in [-0.15, -0.1) is 0 Å². The van der Waals surface area contributed by atoms with Gasteiger partial charge in [0.25, 0.3) is 0 Å². The number of hydrogen-bond acceptors (Lipinski definition) is 4. The zero-order valence-electron chi connectivity index (χ0n) is 16.1. The molecular formula is C24H21FN2O2. The topological polar surface area (TPSA) is 55.1 Å². The van der Waals surface area contributed by atoms with Crippen LogP contribution in [0.25, 0.3) is 33.4 Å². The van der Waals surface area contributed by atoms with Gasteiger partial charge >= 0.3 is 0 Å². The molecule has 0 saturated carbocycles. The number of hydrogen-bond donors (Lipinski definition) is 1. The fourth-order valence-corrected chi connectivity index (χ4v) is 3.29. The van der Waals surface area contributed by atoms with Gasteiger partial charge in [-0.05, 0) is 48.4 Å². The molecule has 4 nitrogen and oxygen atoms in total. The Hall–Kier alpha value is -3.47. The standard InChI is InChI=1S/C24H21FN2O2/c1-2-3-13-26-21-15-17(12-14-27-21)24-22(16-8-10-18(25)11-9-16)23(28)19-6-4-5-7-20(19)29-24/h4-12,14-15H,2-3,13H2,1H3,(H,26,27). The van der Waals surface area contributed by atoms with E-state index in [9.17, 15) is 9.18 Å². The lowest BCUT2D eigenvalue weighted by molar-refractivity contribution is 0.620. The lowest BCUT2D eigenvalue weighted by Gasteiger charge is -2.12. The molecule has 4 rings (SSSR count). The Morgan fingerprint density at radius 3 is 2.62 bits per heavy atom. The summed E-state index contributed by atoms with van der Waals surface area (Å²) in [5.41, 5.74) is 2.12. The van der Waals surface area contributed by atoms with Crippen molar-refractivity contribution in [2.75, 3.05) is 11.9 Å². The van der Waals surface area contributed by atoms with Crippen LogP contribution in [0.2, 0.25) is 0 Å². The minimum absolute atomic E-state index is 0.147. The van der Waals surface area contributed by atoms with Crippen molar-refractivity contribution in [2.45, 2.75) is 19.8 Å².